The average Bonchev–Trinajstić information content (AvgIpc) is 3.53. The number of amides is 1. The number of piperidine rings is 1. The van der Waals surface area contributed by atoms with Gasteiger partial charge in [0.05, 0.1) is 11.7 Å². The number of nitrogens with zero attached hydrogens (tertiary/aromatic N) is 6. The van der Waals surface area contributed by atoms with Crippen LogP contribution in [0.2, 0.25) is 0 Å². The highest BCUT2D eigenvalue weighted by atomic mass is 16.5. The van der Waals surface area contributed by atoms with E-state index in [4.69, 9.17) is 4.52 Å². The van der Waals surface area contributed by atoms with Crippen LogP contribution in [-0.2, 0) is 11.2 Å². The number of rotatable bonds is 5. The minimum atomic E-state index is 0.245. The van der Waals surface area contributed by atoms with Crippen molar-refractivity contribution in [3.8, 4) is 0 Å². The van der Waals surface area contributed by atoms with Crippen LogP contribution in [0.5, 0.6) is 0 Å². The molecule has 2 aromatic heterocycles. The minimum absolute atomic E-state index is 0.245. The summed E-state index contributed by atoms with van der Waals surface area (Å²) in [6.45, 7) is 8.74. The van der Waals surface area contributed by atoms with Gasteiger partial charge in [-0.3, -0.25) is 4.79 Å². The molecule has 2 unspecified atom stereocenters. The number of carbonyl (C=O) groups excluding carboxylic acids is 1. The van der Waals surface area contributed by atoms with E-state index in [1.807, 2.05) is 13.8 Å². The summed E-state index contributed by atoms with van der Waals surface area (Å²) in [5, 5.41) is 4.01. The van der Waals surface area contributed by atoms with Crippen LogP contribution in [0.25, 0.3) is 0 Å². The molecule has 2 aromatic rings. The van der Waals surface area contributed by atoms with Crippen LogP contribution in [0, 0.1) is 19.8 Å². The topological polar surface area (TPSA) is 78.6 Å². The Morgan fingerprint density at radius 1 is 1.06 bits per heavy atom. The summed E-state index contributed by atoms with van der Waals surface area (Å²) in [6.07, 6.45) is 7.59. The maximum absolute atomic E-state index is 13.1. The Labute approximate surface area is 183 Å². The number of hydrogen-bond acceptors (Lipinski definition) is 7. The van der Waals surface area contributed by atoms with E-state index >= 15 is 0 Å². The molecular formula is C23H32N6O2. The second-order valence-electron chi connectivity index (χ2n) is 9.17. The smallest absolute Gasteiger partial charge is 0.223 e. The number of aryl methyl sites for hydroxylation is 2. The summed E-state index contributed by atoms with van der Waals surface area (Å²) in [4.78, 5) is 29.0. The van der Waals surface area contributed by atoms with Crippen LogP contribution in [0.4, 0.5) is 11.6 Å². The van der Waals surface area contributed by atoms with Gasteiger partial charge in [0, 0.05) is 50.8 Å². The van der Waals surface area contributed by atoms with Gasteiger partial charge in [0.1, 0.15) is 23.7 Å². The molecule has 8 nitrogen and oxygen atoms in total. The third kappa shape index (κ3) is 4.00. The highest BCUT2D eigenvalue weighted by molar-refractivity contribution is 5.77. The van der Waals surface area contributed by atoms with Crippen molar-refractivity contribution < 1.29 is 9.32 Å². The van der Waals surface area contributed by atoms with E-state index in [0.717, 1.165) is 74.2 Å². The van der Waals surface area contributed by atoms with Crippen LogP contribution < -0.4 is 9.80 Å². The molecule has 0 saturated carbocycles. The van der Waals surface area contributed by atoms with E-state index in [-0.39, 0.29) is 11.9 Å². The molecule has 0 bridgehead atoms. The van der Waals surface area contributed by atoms with Gasteiger partial charge in [-0.2, -0.15) is 0 Å². The number of hydrogen-bond donors (Lipinski definition) is 0. The predicted molar refractivity (Wildman–Crippen MR) is 118 cm³/mol. The third-order valence-electron chi connectivity index (χ3n) is 7.35. The summed E-state index contributed by atoms with van der Waals surface area (Å²) >= 11 is 0. The Balaban J connectivity index is 1.25. The van der Waals surface area contributed by atoms with E-state index in [9.17, 15) is 4.79 Å². The van der Waals surface area contributed by atoms with Gasteiger partial charge < -0.3 is 19.2 Å². The van der Waals surface area contributed by atoms with Gasteiger partial charge in [0.25, 0.3) is 0 Å². The second kappa shape index (κ2) is 8.48. The largest absolute Gasteiger partial charge is 0.361 e. The molecule has 0 radical (unpaired) electrons. The molecule has 3 saturated heterocycles. The quantitative estimate of drug-likeness (QED) is 0.730. The molecule has 5 heterocycles. The number of fused-ring (bicyclic) bond motifs is 1. The zero-order valence-electron chi connectivity index (χ0n) is 18.6. The van der Waals surface area contributed by atoms with Crippen molar-refractivity contribution in [2.24, 2.45) is 5.92 Å². The predicted octanol–water partition coefficient (Wildman–Crippen LogP) is 2.74. The van der Waals surface area contributed by atoms with Gasteiger partial charge >= 0.3 is 0 Å². The van der Waals surface area contributed by atoms with Crippen molar-refractivity contribution in [3.63, 3.8) is 0 Å². The first kappa shape index (κ1) is 20.3. The molecule has 3 fully saturated rings. The highest BCUT2D eigenvalue weighted by Crippen LogP contribution is 2.34. The monoisotopic (exact) mass is 424 g/mol. The van der Waals surface area contributed by atoms with Crippen LogP contribution >= 0.6 is 0 Å². The fourth-order valence-corrected chi connectivity index (χ4v) is 5.52. The fraction of sp³-hybridized carbons (Fsp3) is 0.652. The summed E-state index contributed by atoms with van der Waals surface area (Å²) in [5.41, 5.74) is 1.97. The first-order valence-corrected chi connectivity index (χ1v) is 11.6. The third-order valence-corrected chi connectivity index (χ3v) is 7.35. The van der Waals surface area contributed by atoms with Crippen molar-refractivity contribution in [1.82, 2.24) is 20.0 Å². The summed E-state index contributed by atoms with van der Waals surface area (Å²) in [5.74, 6) is 3.69. The maximum Gasteiger partial charge on any atom is 0.223 e. The lowest BCUT2D eigenvalue weighted by Gasteiger charge is -2.39. The van der Waals surface area contributed by atoms with Crippen molar-refractivity contribution in [3.05, 3.63) is 29.4 Å². The molecule has 0 spiro atoms. The molecule has 2 atom stereocenters. The molecule has 31 heavy (non-hydrogen) atoms. The van der Waals surface area contributed by atoms with E-state index in [1.165, 1.54) is 12.8 Å². The lowest BCUT2D eigenvalue weighted by molar-refractivity contribution is -0.132. The van der Waals surface area contributed by atoms with E-state index < -0.39 is 0 Å². The maximum atomic E-state index is 13.1. The fourth-order valence-electron chi connectivity index (χ4n) is 5.52. The molecule has 0 aliphatic carbocycles. The van der Waals surface area contributed by atoms with Crippen molar-refractivity contribution in [1.29, 1.82) is 0 Å². The number of carbonyl (C=O) groups is 1. The molecule has 1 amide bonds. The van der Waals surface area contributed by atoms with Gasteiger partial charge in [0.15, 0.2) is 0 Å². The molecular weight excluding hydrogens is 392 g/mol. The van der Waals surface area contributed by atoms with Crippen LogP contribution in [0.3, 0.4) is 0 Å². The standard InChI is InChI=1S/C23H32N6O2/c1-16-19(17(2)31-26-16)5-6-23(30)29-12-8-18-7-11-28(14-20(18)29)22-13-21(24-15-25-22)27-9-3-4-10-27/h13,15,18,20H,3-12,14H2,1-2H3. The van der Waals surface area contributed by atoms with Crippen molar-refractivity contribution >= 4 is 17.5 Å². The van der Waals surface area contributed by atoms with Crippen LogP contribution in [0.1, 0.15) is 49.1 Å². The lowest BCUT2D eigenvalue weighted by Crippen LogP contribution is -2.50. The molecule has 3 aliphatic heterocycles. The summed E-state index contributed by atoms with van der Waals surface area (Å²) < 4.78 is 5.25. The van der Waals surface area contributed by atoms with Crippen LogP contribution in [0.15, 0.2) is 16.9 Å². The molecule has 0 N–H and O–H groups in total. The Morgan fingerprint density at radius 2 is 1.81 bits per heavy atom. The van der Waals surface area contributed by atoms with E-state index in [0.29, 0.717) is 18.8 Å². The lowest BCUT2D eigenvalue weighted by atomic mass is 9.92. The Hall–Kier alpha value is -2.64. The molecule has 3 aliphatic rings. The second-order valence-corrected chi connectivity index (χ2v) is 9.17. The SMILES string of the molecule is Cc1noc(C)c1CCC(=O)N1CCC2CCN(c3cc(N4CCCC4)ncn3)CC21. The summed E-state index contributed by atoms with van der Waals surface area (Å²) in [7, 11) is 0. The number of likely N-dealkylation sites (tertiary alicyclic amines) is 1. The van der Waals surface area contributed by atoms with Crippen molar-refractivity contribution in [2.45, 2.75) is 58.4 Å². The molecule has 166 valence electrons. The van der Waals surface area contributed by atoms with Gasteiger partial charge in [0.2, 0.25) is 5.91 Å². The zero-order valence-corrected chi connectivity index (χ0v) is 18.6. The molecule has 5 rings (SSSR count). The number of aromatic nitrogens is 3. The zero-order chi connectivity index (χ0) is 21.4. The van der Waals surface area contributed by atoms with Gasteiger partial charge in [-0.25, -0.2) is 9.97 Å². The Kier molecular flexibility index (Phi) is 5.54. The number of anilines is 2. The average molecular weight is 425 g/mol. The first-order chi connectivity index (χ1) is 15.1. The van der Waals surface area contributed by atoms with E-state index in [2.05, 4.69) is 35.9 Å². The van der Waals surface area contributed by atoms with Crippen LogP contribution in [-0.4, -0.2) is 64.7 Å². The van der Waals surface area contributed by atoms with E-state index in [1.54, 1.807) is 6.33 Å². The highest BCUT2D eigenvalue weighted by Gasteiger charge is 2.40. The molecule has 8 heteroatoms. The summed E-state index contributed by atoms with van der Waals surface area (Å²) in [6, 6.07) is 2.40. The Bertz CT molecular complexity index is 918. The normalized spacial score (nSPS) is 23.5. The van der Waals surface area contributed by atoms with Crippen molar-refractivity contribution in [2.75, 3.05) is 42.5 Å². The first-order valence-electron chi connectivity index (χ1n) is 11.6. The molecule has 0 aromatic carbocycles. The van der Waals surface area contributed by atoms with Gasteiger partial charge in [-0.05, 0) is 51.9 Å². The Morgan fingerprint density at radius 3 is 2.55 bits per heavy atom. The van der Waals surface area contributed by atoms with Gasteiger partial charge in [-0.15, -0.1) is 0 Å². The minimum Gasteiger partial charge on any atom is -0.361 e. The van der Waals surface area contributed by atoms with Gasteiger partial charge in [-0.1, -0.05) is 5.16 Å².